The van der Waals surface area contributed by atoms with Gasteiger partial charge < -0.3 is 10.8 Å². The summed E-state index contributed by atoms with van der Waals surface area (Å²) in [6.45, 7) is 4.94. The number of aliphatic carboxylic acids is 1. The van der Waals surface area contributed by atoms with Crippen molar-refractivity contribution in [3.63, 3.8) is 0 Å². The summed E-state index contributed by atoms with van der Waals surface area (Å²) in [6.07, 6.45) is 2.75. The van der Waals surface area contributed by atoms with Crippen molar-refractivity contribution in [3.8, 4) is 0 Å². The molecule has 0 amide bonds. The predicted molar refractivity (Wildman–Crippen MR) is 43.2 cm³/mol. The number of hydrogen-bond donors (Lipinski definition) is 2. The number of nitrogens with zero attached hydrogens (tertiary/aromatic N) is 1. The van der Waals surface area contributed by atoms with Gasteiger partial charge in [-0.25, -0.2) is 4.79 Å². The molecule has 0 radical (unpaired) electrons. The lowest BCUT2D eigenvalue weighted by Crippen LogP contribution is -2.08. The highest BCUT2D eigenvalue weighted by Gasteiger charge is 1.96. The normalized spacial score (nSPS) is 12.8. The second-order valence-electron chi connectivity index (χ2n) is 1.89. The van der Waals surface area contributed by atoms with E-state index in [2.05, 4.69) is 11.7 Å². The quantitative estimate of drug-likeness (QED) is 0.353. The van der Waals surface area contributed by atoms with Crippen LogP contribution in [0.2, 0.25) is 0 Å². The lowest BCUT2D eigenvalue weighted by atomic mass is 10.3. The first-order chi connectivity index (χ1) is 5.07. The van der Waals surface area contributed by atoms with Crippen LogP contribution >= 0.6 is 0 Å². The molecule has 60 valence electrons. The molecule has 0 saturated heterocycles. The Hall–Kier alpha value is -1.58. The van der Waals surface area contributed by atoms with E-state index in [0.717, 1.165) is 0 Å². The van der Waals surface area contributed by atoms with Gasteiger partial charge in [0, 0.05) is 5.70 Å². The van der Waals surface area contributed by atoms with Crippen molar-refractivity contribution >= 4 is 12.7 Å². The molecule has 3 N–H and O–H groups in total. The van der Waals surface area contributed by atoms with Crippen LogP contribution in [0.5, 0.6) is 0 Å². The number of aliphatic imine (C=N–C) groups is 1. The lowest BCUT2D eigenvalue weighted by Gasteiger charge is -1.89. The van der Waals surface area contributed by atoms with Crippen molar-refractivity contribution in [2.45, 2.75) is 6.92 Å². The molecule has 0 rings (SSSR count). The standard InChI is InChI=1S/C7H10N2O2/c1-5(9-2)3-4-6(8)7(10)11/h3-4H,2,8H2,1H3,(H,10,11)/b5-3-,6-4-. The smallest absolute Gasteiger partial charge is 0.351 e. The minimum absolute atomic E-state index is 0.215. The first kappa shape index (κ1) is 9.42. The van der Waals surface area contributed by atoms with Gasteiger partial charge in [0.25, 0.3) is 0 Å². The predicted octanol–water partition coefficient (Wildman–Crippen LogP) is 0.518. The van der Waals surface area contributed by atoms with Gasteiger partial charge in [-0.3, -0.25) is 4.99 Å². The Morgan fingerprint density at radius 3 is 2.55 bits per heavy atom. The van der Waals surface area contributed by atoms with Gasteiger partial charge in [-0.2, -0.15) is 0 Å². The van der Waals surface area contributed by atoms with E-state index < -0.39 is 5.97 Å². The zero-order valence-corrected chi connectivity index (χ0v) is 6.24. The third-order valence-corrected chi connectivity index (χ3v) is 1.00. The van der Waals surface area contributed by atoms with E-state index in [1.165, 1.54) is 12.2 Å². The SMILES string of the molecule is C=N/C(C)=C\C=C(/N)C(=O)O. The van der Waals surface area contributed by atoms with Crippen LogP contribution in [0.15, 0.2) is 28.5 Å². The molecule has 0 heterocycles. The van der Waals surface area contributed by atoms with Crippen LogP contribution in [-0.2, 0) is 4.79 Å². The summed E-state index contributed by atoms with van der Waals surface area (Å²) in [5.41, 5.74) is 5.48. The van der Waals surface area contributed by atoms with Crippen molar-refractivity contribution in [2.24, 2.45) is 10.7 Å². The van der Waals surface area contributed by atoms with Crippen LogP contribution in [0.1, 0.15) is 6.92 Å². The zero-order valence-electron chi connectivity index (χ0n) is 6.24. The Bertz CT molecular complexity index is 229. The number of hydrogen-bond acceptors (Lipinski definition) is 3. The molecule has 0 spiro atoms. The molecule has 0 aromatic carbocycles. The first-order valence-corrected chi connectivity index (χ1v) is 2.92. The van der Waals surface area contributed by atoms with Crippen molar-refractivity contribution in [3.05, 3.63) is 23.5 Å². The molecule has 11 heavy (non-hydrogen) atoms. The van der Waals surface area contributed by atoms with Gasteiger partial charge >= 0.3 is 5.97 Å². The summed E-state index contributed by atoms with van der Waals surface area (Å²) >= 11 is 0. The summed E-state index contributed by atoms with van der Waals surface area (Å²) in [6, 6.07) is 0. The maximum absolute atomic E-state index is 10.1. The molecule has 0 aliphatic heterocycles. The molecule has 4 nitrogen and oxygen atoms in total. The van der Waals surface area contributed by atoms with Crippen LogP contribution in [0.4, 0.5) is 0 Å². The Morgan fingerprint density at radius 2 is 2.18 bits per heavy atom. The van der Waals surface area contributed by atoms with Crippen LogP contribution in [0.25, 0.3) is 0 Å². The first-order valence-electron chi connectivity index (χ1n) is 2.92. The second kappa shape index (κ2) is 4.27. The number of carboxylic acids is 1. The number of carboxylic acid groups (broad SMARTS) is 1. The molecule has 0 bridgehead atoms. The Kier molecular flexibility index (Phi) is 3.66. The van der Waals surface area contributed by atoms with E-state index in [-0.39, 0.29) is 5.70 Å². The van der Waals surface area contributed by atoms with Crippen LogP contribution in [0, 0.1) is 0 Å². The maximum Gasteiger partial charge on any atom is 0.351 e. The Labute approximate surface area is 64.7 Å². The zero-order chi connectivity index (χ0) is 8.85. The highest BCUT2D eigenvalue weighted by Crippen LogP contribution is 1.94. The number of allylic oxidation sites excluding steroid dienone is 3. The highest BCUT2D eigenvalue weighted by atomic mass is 16.4. The molecule has 0 aliphatic carbocycles. The third kappa shape index (κ3) is 3.91. The second-order valence-corrected chi connectivity index (χ2v) is 1.89. The van der Waals surface area contributed by atoms with E-state index in [9.17, 15) is 4.79 Å². The molecule has 0 aromatic heterocycles. The van der Waals surface area contributed by atoms with Crippen molar-refractivity contribution in [1.29, 1.82) is 0 Å². The fourth-order valence-corrected chi connectivity index (χ4v) is 0.334. The van der Waals surface area contributed by atoms with Gasteiger partial charge in [-0.1, -0.05) is 0 Å². The maximum atomic E-state index is 10.1. The van der Waals surface area contributed by atoms with E-state index >= 15 is 0 Å². The van der Waals surface area contributed by atoms with Crippen molar-refractivity contribution < 1.29 is 9.90 Å². The van der Waals surface area contributed by atoms with E-state index in [0.29, 0.717) is 5.70 Å². The molecule has 0 aromatic rings. The van der Waals surface area contributed by atoms with Gasteiger partial charge in [-0.05, 0) is 25.8 Å². The van der Waals surface area contributed by atoms with E-state index in [4.69, 9.17) is 10.8 Å². The molecule has 4 heteroatoms. The highest BCUT2D eigenvalue weighted by molar-refractivity contribution is 5.85. The van der Waals surface area contributed by atoms with Gasteiger partial charge in [0.05, 0.1) is 0 Å². The Balaban J connectivity index is 4.34. The third-order valence-electron chi connectivity index (χ3n) is 1.00. The largest absolute Gasteiger partial charge is 0.477 e. The fraction of sp³-hybridized carbons (Fsp3) is 0.143. The van der Waals surface area contributed by atoms with E-state index in [1.807, 2.05) is 0 Å². The van der Waals surface area contributed by atoms with Crippen molar-refractivity contribution in [2.75, 3.05) is 0 Å². The average molecular weight is 154 g/mol. The van der Waals surface area contributed by atoms with Gasteiger partial charge in [-0.15, -0.1) is 0 Å². The molecule has 0 atom stereocenters. The van der Waals surface area contributed by atoms with Gasteiger partial charge in [0.2, 0.25) is 0 Å². The summed E-state index contributed by atoms with van der Waals surface area (Å²) in [5.74, 6) is -1.14. The number of carbonyl (C=O) groups is 1. The molecule has 0 saturated carbocycles. The summed E-state index contributed by atoms with van der Waals surface area (Å²) in [7, 11) is 0. The molecular formula is C7H10N2O2. The number of nitrogens with two attached hydrogens (primary N) is 1. The minimum atomic E-state index is -1.14. The average Bonchev–Trinajstić information content (AvgIpc) is 1.99. The van der Waals surface area contributed by atoms with Crippen LogP contribution in [-0.4, -0.2) is 17.8 Å². The lowest BCUT2D eigenvalue weighted by molar-refractivity contribution is -0.132. The summed E-state index contributed by atoms with van der Waals surface area (Å²) in [5, 5.41) is 8.30. The summed E-state index contributed by atoms with van der Waals surface area (Å²) < 4.78 is 0. The van der Waals surface area contributed by atoms with Gasteiger partial charge in [0.15, 0.2) is 0 Å². The summed E-state index contributed by atoms with van der Waals surface area (Å²) in [4.78, 5) is 13.7. The molecule has 0 fully saturated rings. The molecule has 0 unspecified atom stereocenters. The molecular weight excluding hydrogens is 144 g/mol. The van der Waals surface area contributed by atoms with E-state index in [1.54, 1.807) is 6.92 Å². The topological polar surface area (TPSA) is 75.7 Å². The van der Waals surface area contributed by atoms with Crippen LogP contribution < -0.4 is 5.73 Å². The van der Waals surface area contributed by atoms with Crippen LogP contribution in [0.3, 0.4) is 0 Å². The molecule has 0 aliphatic rings. The van der Waals surface area contributed by atoms with Gasteiger partial charge in [0.1, 0.15) is 5.70 Å². The Morgan fingerprint density at radius 1 is 1.64 bits per heavy atom. The monoisotopic (exact) mass is 154 g/mol. The number of rotatable bonds is 3. The minimum Gasteiger partial charge on any atom is -0.477 e. The van der Waals surface area contributed by atoms with Crippen molar-refractivity contribution in [1.82, 2.24) is 0 Å². The fourth-order valence-electron chi connectivity index (χ4n) is 0.334.